The van der Waals surface area contributed by atoms with E-state index >= 15 is 0 Å². The summed E-state index contributed by atoms with van der Waals surface area (Å²) < 4.78 is 9.86. The molecule has 0 aliphatic rings. The van der Waals surface area contributed by atoms with Gasteiger partial charge in [-0.1, -0.05) is 12.1 Å². The molecule has 2 N–H and O–H groups in total. The van der Waals surface area contributed by atoms with E-state index in [9.17, 15) is 4.79 Å². The number of carbonyl (C=O) groups is 1. The molecule has 0 saturated carbocycles. The summed E-state index contributed by atoms with van der Waals surface area (Å²) in [6, 6.07) is 16.7. The quantitative estimate of drug-likeness (QED) is 0.579. The third kappa shape index (κ3) is 5.20. The lowest BCUT2D eigenvalue weighted by Gasteiger charge is -2.09. The predicted octanol–water partition coefficient (Wildman–Crippen LogP) is 3.67. The standard InChI is InChI=1S/C21H22N4O3/c1-27-18-9-3-15(4-10-18)11-13-22-19-12-14-23-21(25-19)24-17-7-5-16(6-8-17)20(26)28-2/h3-10,12,14H,11,13H2,1-2H3,(H2,22,23,24,25). The van der Waals surface area contributed by atoms with Crippen LogP contribution in [0.2, 0.25) is 0 Å². The topological polar surface area (TPSA) is 85.4 Å². The first kappa shape index (κ1) is 19.2. The highest BCUT2D eigenvalue weighted by atomic mass is 16.5. The zero-order chi connectivity index (χ0) is 19.8. The van der Waals surface area contributed by atoms with Gasteiger partial charge >= 0.3 is 5.97 Å². The molecule has 0 amide bonds. The van der Waals surface area contributed by atoms with Gasteiger partial charge in [-0.25, -0.2) is 9.78 Å². The van der Waals surface area contributed by atoms with E-state index in [2.05, 4.69) is 20.6 Å². The number of anilines is 3. The summed E-state index contributed by atoms with van der Waals surface area (Å²) >= 11 is 0. The Hall–Kier alpha value is -3.61. The van der Waals surface area contributed by atoms with E-state index in [1.54, 1.807) is 37.6 Å². The van der Waals surface area contributed by atoms with Gasteiger partial charge in [0.25, 0.3) is 0 Å². The zero-order valence-corrected chi connectivity index (χ0v) is 15.8. The number of hydrogen-bond donors (Lipinski definition) is 2. The van der Waals surface area contributed by atoms with E-state index in [0.717, 1.165) is 30.2 Å². The van der Waals surface area contributed by atoms with Crippen molar-refractivity contribution >= 4 is 23.4 Å². The van der Waals surface area contributed by atoms with Crippen molar-refractivity contribution in [1.29, 1.82) is 0 Å². The summed E-state index contributed by atoms with van der Waals surface area (Å²) in [5, 5.41) is 6.42. The Labute approximate surface area is 163 Å². The molecule has 1 heterocycles. The SMILES string of the molecule is COC(=O)c1ccc(Nc2nccc(NCCc3ccc(OC)cc3)n2)cc1. The largest absolute Gasteiger partial charge is 0.497 e. The van der Waals surface area contributed by atoms with Gasteiger partial charge in [0.1, 0.15) is 11.6 Å². The fraction of sp³-hybridized carbons (Fsp3) is 0.190. The van der Waals surface area contributed by atoms with Crippen molar-refractivity contribution in [2.75, 3.05) is 31.4 Å². The molecule has 1 aromatic heterocycles. The smallest absolute Gasteiger partial charge is 0.337 e. The molecule has 28 heavy (non-hydrogen) atoms. The number of hydrogen-bond acceptors (Lipinski definition) is 7. The summed E-state index contributed by atoms with van der Waals surface area (Å²) in [5.41, 5.74) is 2.48. The van der Waals surface area contributed by atoms with E-state index in [4.69, 9.17) is 9.47 Å². The fourth-order valence-corrected chi connectivity index (χ4v) is 2.58. The Kier molecular flexibility index (Phi) is 6.41. The second-order valence-electron chi connectivity index (χ2n) is 5.98. The van der Waals surface area contributed by atoms with Crippen LogP contribution < -0.4 is 15.4 Å². The molecule has 0 fully saturated rings. The zero-order valence-electron chi connectivity index (χ0n) is 15.8. The number of carbonyl (C=O) groups excluding carboxylic acids is 1. The van der Waals surface area contributed by atoms with E-state index in [1.165, 1.54) is 12.7 Å². The molecule has 144 valence electrons. The van der Waals surface area contributed by atoms with Gasteiger partial charge in [0.15, 0.2) is 0 Å². The Morgan fingerprint density at radius 2 is 1.75 bits per heavy atom. The normalized spacial score (nSPS) is 10.2. The van der Waals surface area contributed by atoms with E-state index < -0.39 is 0 Å². The Morgan fingerprint density at radius 3 is 2.43 bits per heavy atom. The van der Waals surface area contributed by atoms with E-state index in [-0.39, 0.29) is 5.97 Å². The molecule has 0 saturated heterocycles. The van der Waals surface area contributed by atoms with Crippen LogP contribution in [0, 0.1) is 0 Å². The maximum absolute atomic E-state index is 11.5. The van der Waals surface area contributed by atoms with Crippen molar-refractivity contribution < 1.29 is 14.3 Å². The van der Waals surface area contributed by atoms with Gasteiger partial charge in [-0.05, 0) is 54.4 Å². The number of benzene rings is 2. The third-order valence-corrected chi connectivity index (χ3v) is 4.10. The van der Waals surface area contributed by atoms with Crippen LogP contribution in [-0.4, -0.2) is 36.7 Å². The molecule has 2 aromatic carbocycles. The van der Waals surface area contributed by atoms with Crippen LogP contribution in [0.3, 0.4) is 0 Å². The molecular formula is C21H22N4O3. The highest BCUT2D eigenvalue weighted by Crippen LogP contribution is 2.16. The molecule has 0 aliphatic carbocycles. The van der Waals surface area contributed by atoms with Crippen LogP contribution in [0.4, 0.5) is 17.5 Å². The second-order valence-corrected chi connectivity index (χ2v) is 5.98. The number of ether oxygens (including phenoxy) is 2. The molecule has 3 aromatic rings. The van der Waals surface area contributed by atoms with Gasteiger partial charge in [0.05, 0.1) is 19.8 Å². The lowest BCUT2D eigenvalue weighted by atomic mass is 10.1. The van der Waals surface area contributed by atoms with E-state index in [0.29, 0.717) is 11.5 Å². The van der Waals surface area contributed by atoms with Crippen molar-refractivity contribution in [3.05, 3.63) is 71.9 Å². The highest BCUT2D eigenvalue weighted by Gasteiger charge is 2.05. The minimum atomic E-state index is -0.370. The van der Waals surface area contributed by atoms with Crippen molar-refractivity contribution in [2.24, 2.45) is 0 Å². The van der Waals surface area contributed by atoms with Crippen molar-refractivity contribution in [1.82, 2.24) is 9.97 Å². The van der Waals surface area contributed by atoms with Crippen LogP contribution in [0.5, 0.6) is 5.75 Å². The molecule has 0 radical (unpaired) electrons. The summed E-state index contributed by atoms with van der Waals surface area (Å²) in [5.74, 6) is 1.69. The molecule has 0 atom stereocenters. The van der Waals surface area contributed by atoms with Crippen LogP contribution in [0.25, 0.3) is 0 Å². The predicted molar refractivity (Wildman–Crippen MR) is 108 cm³/mol. The van der Waals surface area contributed by atoms with Crippen LogP contribution >= 0.6 is 0 Å². The minimum absolute atomic E-state index is 0.370. The average Bonchev–Trinajstić information content (AvgIpc) is 2.74. The Balaban J connectivity index is 1.55. The summed E-state index contributed by atoms with van der Waals surface area (Å²) in [6.07, 6.45) is 2.56. The molecule has 0 aliphatic heterocycles. The van der Waals surface area contributed by atoms with Crippen molar-refractivity contribution in [2.45, 2.75) is 6.42 Å². The maximum atomic E-state index is 11.5. The van der Waals surface area contributed by atoms with Crippen molar-refractivity contribution in [3.63, 3.8) is 0 Å². The number of esters is 1. The second kappa shape index (κ2) is 9.36. The lowest BCUT2D eigenvalue weighted by Crippen LogP contribution is -2.08. The van der Waals surface area contributed by atoms with Gasteiger partial charge < -0.3 is 20.1 Å². The van der Waals surface area contributed by atoms with Gasteiger partial charge in [-0.15, -0.1) is 0 Å². The van der Waals surface area contributed by atoms with Gasteiger partial charge in [-0.3, -0.25) is 0 Å². The molecule has 0 unspecified atom stereocenters. The Bertz CT molecular complexity index is 912. The van der Waals surface area contributed by atoms with Gasteiger partial charge in [0, 0.05) is 18.4 Å². The average molecular weight is 378 g/mol. The summed E-state index contributed by atoms with van der Waals surface area (Å²) in [4.78, 5) is 20.2. The van der Waals surface area contributed by atoms with E-state index in [1.807, 2.05) is 30.3 Å². The fourth-order valence-electron chi connectivity index (χ4n) is 2.58. The first-order valence-electron chi connectivity index (χ1n) is 8.83. The number of nitrogens with zero attached hydrogens (tertiary/aromatic N) is 2. The molecule has 3 rings (SSSR count). The molecular weight excluding hydrogens is 356 g/mol. The molecule has 0 spiro atoms. The molecule has 0 bridgehead atoms. The van der Waals surface area contributed by atoms with Gasteiger partial charge in [0.2, 0.25) is 5.95 Å². The number of rotatable bonds is 8. The maximum Gasteiger partial charge on any atom is 0.337 e. The highest BCUT2D eigenvalue weighted by molar-refractivity contribution is 5.89. The number of nitrogens with one attached hydrogen (secondary N) is 2. The number of aromatic nitrogens is 2. The summed E-state index contributed by atoms with van der Waals surface area (Å²) in [7, 11) is 3.01. The first-order chi connectivity index (χ1) is 13.7. The van der Waals surface area contributed by atoms with Crippen LogP contribution in [-0.2, 0) is 11.2 Å². The van der Waals surface area contributed by atoms with Crippen molar-refractivity contribution in [3.8, 4) is 5.75 Å². The van der Waals surface area contributed by atoms with Crippen LogP contribution in [0.15, 0.2) is 60.8 Å². The Morgan fingerprint density at radius 1 is 1.00 bits per heavy atom. The monoisotopic (exact) mass is 378 g/mol. The van der Waals surface area contributed by atoms with Crippen LogP contribution in [0.1, 0.15) is 15.9 Å². The number of methoxy groups -OCH3 is 2. The first-order valence-corrected chi connectivity index (χ1v) is 8.83. The molecule has 7 heteroatoms. The van der Waals surface area contributed by atoms with Gasteiger partial charge in [-0.2, -0.15) is 4.98 Å². The molecule has 7 nitrogen and oxygen atoms in total. The third-order valence-electron chi connectivity index (χ3n) is 4.10. The summed E-state index contributed by atoms with van der Waals surface area (Å²) in [6.45, 7) is 0.747. The lowest BCUT2D eigenvalue weighted by molar-refractivity contribution is 0.0601. The minimum Gasteiger partial charge on any atom is -0.497 e.